The van der Waals surface area contributed by atoms with Gasteiger partial charge < -0.3 is 25.4 Å². The third-order valence-electron chi connectivity index (χ3n) is 7.32. The van der Waals surface area contributed by atoms with Gasteiger partial charge in [0.05, 0.1) is 16.8 Å². The summed E-state index contributed by atoms with van der Waals surface area (Å²) in [6, 6.07) is 3.58. The lowest BCUT2D eigenvalue weighted by Crippen LogP contribution is -2.56. The second-order valence-electron chi connectivity index (χ2n) is 10.3. The average Bonchev–Trinajstić information content (AvgIpc) is 3.51. The van der Waals surface area contributed by atoms with Crippen molar-refractivity contribution in [1.82, 2.24) is 30.4 Å². The molecule has 5 rings (SSSR count). The highest BCUT2D eigenvalue weighted by Gasteiger charge is 2.37. The minimum atomic E-state index is -0.593. The van der Waals surface area contributed by atoms with Crippen LogP contribution < -0.4 is 10.6 Å². The summed E-state index contributed by atoms with van der Waals surface area (Å²) in [5, 5.41) is 6.64. The standard InChI is InChI=1S/C26H30ClFN6O3S.ClH/c1-33(2)26(37)13-4-6-17(30-23(35)20-11-14-16(29-20)7-5-15(27)22(14)28)19(10-13)31-24(36)25-32-18-8-9-34(3)12-21(18)38-25;/h5,7,11,13,17,19,29H,4,6,8-10,12H2,1-3H3,(H,30,35)(H,31,36);1H/t13-,17-,19+;/m0./s1. The monoisotopic (exact) mass is 596 g/mol. The number of hydrogen-bond donors (Lipinski definition) is 3. The molecule has 0 spiro atoms. The van der Waals surface area contributed by atoms with E-state index in [4.69, 9.17) is 11.6 Å². The van der Waals surface area contributed by atoms with Crippen molar-refractivity contribution >= 4 is 64.0 Å². The topological polar surface area (TPSA) is 110 Å². The molecule has 1 saturated carbocycles. The van der Waals surface area contributed by atoms with Crippen LogP contribution in [0.5, 0.6) is 0 Å². The predicted octanol–water partition coefficient (Wildman–Crippen LogP) is 3.61. The quantitative estimate of drug-likeness (QED) is 0.417. The molecule has 3 aromatic rings. The van der Waals surface area contributed by atoms with Crippen LogP contribution in [0.15, 0.2) is 18.2 Å². The fourth-order valence-corrected chi connectivity index (χ4v) is 6.51. The highest BCUT2D eigenvalue weighted by atomic mass is 35.5. The van der Waals surface area contributed by atoms with Gasteiger partial charge in [-0.15, -0.1) is 23.7 Å². The Kier molecular flexibility index (Phi) is 8.85. The van der Waals surface area contributed by atoms with Crippen LogP contribution in [-0.2, 0) is 17.8 Å². The minimum absolute atomic E-state index is 0. The summed E-state index contributed by atoms with van der Waals surface area (Å²) in [6.07, 6.45) is 2.26. The molecule has 3 heterocycles. The zero-order valence-corrected chi connectivity index (χ0v) is 24.2. The van der Waals surface area contributed by atoms with Gasteiger partial charge in [-0.2, -0.15) is 0 Å². The van der Waals surface area contributed by atoms with E-state index in [9.17, 15) is 18.8 Å². The van der Waals surface area contributed by atoms with Crippen molar-refractivity contribution in [3.63, 3.8) is 0 Å². The van der Waals surface area contributed by atoms with Gasteiger partial charge >= 0.3 is 0 Å². The predicted molar refractivity (Wildman–Crippen MR) is 151 cm³/mol. The van der Waals surface area contributed by atoms with Gasteiger partial charge in [-0.05, 0) is 44.5 Å². The molecule has 3 amide bonds. The van der Waals surface area contributed by atoms with Crippen LogP contribution >= 0.6 is 35.3 Å². The summed E-state index contributed by atoms with van der Waals surface area (Å²) in [5.74, 6) is -1.61. The number of likely N-dealkylation sites (N-methyl/N-ethyl adjacent to an activating group) is 1. The molecule has 39 heavy (non-hydrogen) atoms. The van der Waals surface area contributed by atoms with Crippen molar-refractivity contribution in [2.75, 3.05) is 27.7 Å². The number of H-pyrrole nitrogens is 1. The number of hydrogen-bond acceptors (Lipinski definition) is 6. The molecule has 1 aliphatic heterocycles. The number of nitrogens with one attached hydrogen (secondary N) is 3. The minimum Gasteiger partial charge on any atom is -0.350 e. The van der Waals surface area contributed by atoms with Gasteiger partial charge in [0.1, 0.15) is 5.69 Å². The number of aromatic nitrogens is 2. The molecule has 2 aliphatic rings. The van der Waals surface area contributed by atoms with Crippen molar-refractivity contribution in [3.8, 4) is 0 Å². The molecule has 3 N–H and O–H groups in total. The molecule has 0 unspecified atom stereocenters. The Bertz CT molecular complexity index is 1410. The smallest absolute Gasteiger partial charge is 0.280 e. The van der Waals surface area contributed by atoms with Gasteiger partial charge in [0, 0.05) is 61.3 Å². The summed E-state index contributed by atoms with van der Waals surface area (Å²) < 4.78 is 14.4. The molecule has 1 aliphatic carbocycles. The summed E-state index contributed by atoms with van der Waals surface area (Å²) in [5.41, 5.74) is 1.61. The van der Waals surface area contributed by atoms with Crippen LogP contribution in [0.1, 0.15) is 50.1 Å². The molecule has 13 heteroatoms. The van der Waals surface area contributed by atoms with Gasteiger partial charge in [-0.25, -0.2) is 9.37 Å². The maximum atomic E-state index is 14.4. The van der Waals surface area contributed by atoms with Crippen molar-refractivity contribution in [2.45, 2.75) is 44.3 Å². The third-order valence-corrected chi connectivity index (χ3v) is 8.70. The van der Waals surface area contributed by atoms with Crippen LogP contribution in [0, 0.1) is 11.7 Å². The number of rotatable bonds is 5. The number of aromatic amines is 1. The summed E-state index contributed by atoms with van der Waals surface area (Å²) in [4.78, 5) is 51.5. The van der Waals surface area contributed by atoms with Gasteiger partial charge in [0.25, 0.3) is 11.8 Å². The van der Waals surface area contributed by atoms with Crippen LogP contribution in [0.2, 0.25) is 5.02 Å². The van der Waals surface area contributed by atoms with Gasteiger partial charge in [-0.1, -0.05) is 11.6 Å². The molecule has 2 aromatic heterocycles. The maximum Gasteiger partial charge on any atom is 0.280 e. The number of fused-ring (bicyclic) bond motifs is 2. The van der Waals surface area contributed by atoms with Gasteiger partial charge in [0.2, 0.25) is 5.91 Å². The lowest BCUT2D eigenvalue weighted by atomic mass is 9.81. The number of nitrogens with zero attached hydrogens (tertiary/aromatic N) is 3. The van der Waals surface area contributed by atoms with E-state index in [-0.39, 0.29) is 46.2 Å². The maximum absolute atomic E-state index is 14.4. The van der Waals surface area contributed by atoms with E-state index in [0.717, 1.165) is 30.1 Å². The molecule has 0 radical (unpaired) electrons. The number of carbonyl (C=O) groups is 3. The largest absolute Gasteiger partial charge is 0.350 e. The van der Waals surface area contributed by atoms with Crippen molar-refractivity contribution in [2.24, 2.45) is 5.92 Å². The van der Waals surface area contributed by atoms with E-state index in [0.29, 0.717) is 29.8 Å². The fraction of sp³-hybridized carbons (Fsp3) is 0.462. The zero-order chi connectivity index (χ0) is 27.1. The third kappa shape index (κ3) is 6.06. The first-order valence-electron chi connectivity index (χ1n) is 12.6. The second-order valence-corrected chi connectivity index (χ2v) is 11.8. The van der Waals surface area contributed by atoms with Crippen LogP contribution in [0.3, 0.4) is 0 Å². The number of carbonyl (C=O) groups excluding carboxylic acids is 3. The number of thiazole rings is 1. The molecule has 1 fully saturated rings. The van der Waals surface area contributed by atoms with Crippen molar-refractivity contribution in [1.29, 1.82) is 0 Å². The van der Waals surface area contributed by atoms with E-state index < -0.39 is 23.8 Å². The first-order chi connectivity index (χ1) is 18.1. The number of amides is 3. The molecular weight excluding hydrogens is 566 g/mol. The molecule has 3 atom stereocenters. The SMILES string of the molecule is CN1CCc2nc(C(=O)N[C@@H]3C[C@@H](C(=O)N(C)C)CC[C@@H]3NC(=O)c3cc4c(F)c(Cl)ccc4[nH]3)sc2C1.Cl. The van der Waals surface area contributed by atoms with Crippen LogP contribution in [0.4, 0.5) is 4.39 Å². The Labute approximate surface area is 240 Å². The van der Waals surface area contributed by atoms with Gasteiger partial charge in [-0.3, -0.25) is 14.4 Å². The zero-order valence-electron chi connectivity index (χ0n) is 21.8. The van der Waals surface area contributed by atoms with E-state index in [2.05, 4.69) is 25.5 Å². The highest BCUT2D eigenvalue weighted by molar-refractivity contribution is 7.13. The average molecular weight is 598 g/mol. The van der Waals surface area contributed by atoms with E-state index >= 15 is 0 Å². The molecule has 0 saturated heterocycles. The Morgan fingerprint density at radius 1 is 1.18 bits per heavy atom. The van der Waals surface area contributed by atoms with Crippen LogP contribution in [0.25, 0.3) is 10.9 Å². The molecule has 9 nitrogen and oxygen atoms in total. The Hall–Kier alpha value is -2.73. The van der Waals surface area contributed by atoms with E-state index in [1.807, 2.05) is 7.05 Å². The Morgan fingerprint density at radius 2 is 1.92 bits per heavy atom. The fourth-order valence-electron chi connectivity index (χ4n) is 5.25. The lowest BCUT2D eigenvalue weighted by Gasteiger charge is -2.37. The lowest BCUT2D eigenvalue weighted by molar-refractivity contribution is -0.134. The molecule has 0 bridgehead atoms. The first-order valence-corrected chi connectivity index (χ1v) is 13.8. The normalized spacial score (nSPS) is 21.1. The summed E-state index contributed by atoms with van der Waals surface area (Å²) >= 11 is 7.27. The number of halogens is 3. The first kappa shape index (κ1) is 29.3. The molecular formula is C26H31Cl2FN6O3S. The molecule has 1 aromatic carbocycles. The number of benzene rings is 1. The Balaban J connectivity index is 0.00000353. The van der Waals surface area contributed by atoms with E-state index in [1.165, 1.54) is 23.5 Å². The summed E-state index contributed by atoms with van der Waals surface area (Å²) in [7, 11) is 5.46. The Morgan fingerprint density at radius 3 is 2.67 bits per heavy atom. The second kappa shape index (κ2) is 11.8. The van der Waals surface area contributed by atoms with Crippen LogP contribution in [-0.4, -0.2) is 77.3 Å². The van der Waals surface area contributed by atoms with Gasteiger partial charge in [0.15, 0.2) is 10.8 Å². The van der Waals surface area contributed by atoms with E-state index in [1.54, 1.807) is 25.1 Å². The van der Waals surface area contributed by atoms with Crippen molar-refractivity contribution < 1.29 is 18.8 Å². The van der Waals surface area contributed by atoms with Crippen molar-refractivity contribution in [3.05, 3.63) is 50.3 Å². The highest BCUT2D eigenvalue weighted by Crippen LogP contribution is 2.29. The molecule has 210 valence electrons. The summed E-state index contributed by atoms with van der Waals surface area (Å²) in [6.45, 7) is 1.66.